The Labute approximate surface area is 149 Å². The second kappa shape index (κ2) is 7.57. The number of rotatable bonds is 6. The molecular formula is C18H19N3O3S. The van der Waals surface area contributed by atoms with Crippen LogP contribution in [0.25, 0.3) is 4.96 Å². The van der Waals surface area contributed by atoms with Crippen LogP contribution < -0.4 is 5.56 Å². The molecule has 0 aliphatic rings. The predicted octanol–water partition coefficient (Wildman–Crippen LogP) is 2.95. The van der Waals surface area contributed by atoms with Gasteiger partial charge in [-0.25, -0.2) is 4.98 Å². The van der Waals surface area contributed by atoms with E-state index < -0.39 is 0 Å². The summed E-state index contributed by atoms with van der Waals surface area (Å²) in [5.74, 6) is -0.629. The van der Waals surface area contributed by atoms with Gasteiger partial charge in [0.05, 0.1) is 11.6 Å². The number of aromatic nitrogens is 3. The van der Waals surface area contributed by atoms with Crippen molar-refractivity contribution in [2.24, 2.45) is 0 Å². The van der Waals surface area contributed by atoms with E-state index in [1.807, 2.05) is 44.2 Å². The highest BCUT2D eigenvalue weighted by Crippen LogP contribution is 2.21. The molecule has 0 aliphatic heterocycles. The summed E-state index contributed by atoms with van der Waals surface area (Å²) in [7, 11) is 0. The Morgan fingerprint density at radius 1 is 1.28 bits per heavy atom. The summed E-state index contributed by atoms with van der Waals surface area (Å²) in [5.41, 5.74) is 1.10. The molecule has 25 heavy (non-hydrogen) atoms. The van der Waals surface area contributed by atoms with E-state index in [1.165, 1.54) is 21.9 Å². The molecule has 1 aromatic carbocycles. The average Bonchev–Trinajstić information content (AvgIpc) is 3.05. The van der Waals surface area contributed by atoms with Gasteiger partial charge in [-0.2, -0.15) is 9.61 Å². The van der Waals surface area contributed by atoms with Crippen LogP contribution >= 0.6 is 11.3 Å². The zero-order chi connectivity index (χ0) is 17.8. The lowest BCUT2D eigenvalue weighted by Gasteiger charge is -2.14. The molecule has 0 amide bonds. The van der Waals surface area contributed by atoms with Crippen molar-refractivity contribution in [3.63, 3.8) is 0 Å². The monoisotopic (exact) mass is 357 g/mol. The van der Waals surface area contributed by atoms with Crippen molar-refractivity contribution in [2.45, 2.75) is 39.2 Å². The number of hydrogen-bond donors (Lipinski definition) is 0. The Kier molecular flexibility index (Phi) is 5.23. The summed E-state index contributed by atoms with van der Waals surface area (Å²) in [6, 6.07) is 10.9. The summed E-state index contributed by atoms with van der Waals surface area (Å²) in [6.07, 6.45) is 1.39. The third-order valence-electron chi connectivity index (χ3n) is 3.90. The minimum absolute atomic E-state index is 0.0206. The quantitative estimate of drug-likeness (QED) is 0.634. The summed E-state index contributed by atoms with van der Waals surface area (Å²) in [5, 5.41) is 5.04. The second-order valence-electron chi connectivity index (χ2n) is 5.61. The molecule has 3 rings (SSSR count). The first kappa shape index (κ1) is 17.3. The molecule has 0 saturated heterocycles. The number of benzene rings is 1. The molecule has 7 heteroatoms. The van der Waals surface area contributed by atoms with Crippen LogP contribution in [-0.2, 0) is 22.6 Å². The van der Waals surface area contributed by atoms with E-state index in [2.05, 4.69) is 10.1 Å². The number of ether oxygens (including phenoxy) is 1. The fourth-order valence-electron chi connectivity index (χ4n) is 2.58. The largest absolute Gasteiger partial charge is 0.459 e. The lowest BCUT2D eigenvalue weighted by molar-refractivity contribution is -0.147. The van der Waals surface area contributed by atoms with E-state index in [0.29, 0.717) is 17.1 Å². The Balaban J connectivity index is 1.75. The van der Waals surface area contributed by atoms with Gasteiger partial charge in [0, 0.05) is 6.07 Å². The van der Waals surface area contributed by atoms with Gasteiger partial charge in [-0.05, 0) is 18.4 Å². The molecule has 0 bridgehead atoms. The van der Waals surface area contributed by atoms with E-state index >= 15 is 0 Å². The molecule has 0 unspecified atom stereocenters. The van der Waals surface area contributed by atoms with Gasteiger partial charge >= 0.3 is 5.97 Å². The topological polar surface area (TPSA) is 73.6 Å². The SMILES string of the molecule is CCc1nn2c(=O)cc(COC(=O)[C@H](CC)c3ccccc3)nc2s1. The van der Waals surface area contributed by atoms with Crippen molar-refractivity contribution in [1.82, 2.24) is 14.6 Å². The summed E-state index contributed by atoms with van der Waals surface area (Å²) < 4.78 is 6.69. The first-order valence-electron chi connectivity index (χ1n) is 8.22. The number of fused-ring (bicyclic) bond motifs is 1. The first-order valence-corrected chi connectivity index (χ1v) is 9.04. The van der Waals surface area contributed by atoms with Crippen molar-refractivity contribution in [3.05, 3.63) is 63.0 Å². The third-order valence-corrected chi connectivity index (χ3v) is 4.95. The van der Waals surface area contributed by atoms with Gasteiger partial charge < -0.3 is 4.74 Å². The van der Waals surface area contributed by atoms with Crippen LogP contribution in [0.3, 0.4) is 0 Å². The van der Waals surface area contributed by atoms with Crippen molar-refractivity contribution in [3.8, 4) is 0 Å². The molecule has 0 fully saturated rings. The van der Waals surface area contributed by atoms with E-state index in [4.69, 9.17) is 4.74 Å². The summed E-state index contributed by atoms with van der Waals surface area (Å²) in [4.78, 5) is 29.4. The zero-order valence-corrected chi connectivity index (χ0v) is 15.0. The molecule has 0 aliphatic carbocycles. The van der Waals surface area contributed by atoms with E-state index in [1.54, 1.807) is 0 Å². The minimum Gasteiger partial charge on any atom is -0.459 e. The number of hydrogen-bond acceptors (Lipinski definition) is 6. The molecule has 1 atom stereocenters. The maximum Gasteiger partial charge on any atom is 0.313 e. The van der Waals surface area contributed by atoms with Crippen LogP contribution in [-0.4, -0.2) is 20.6 Å². The van der Waals surface area contributed by atoms with Crippen LogP contribution in [0.2, 0.25) is 0 Å². The molecule has 0 radical (unpaired) electrons. The molecule has 0 N–H and O–H groups in total. The molecule has 130 valence electrons. The van der Waals surface area contributed by atoms with E-state index in [9.17, 15) is 9.59 Å². The smallest absolute Gasteiger partial charge is 0.313 e. The summed E-state index contributed by atoms with van der Waals surface area (Å²) in [6.45, 7) is 3.90. The lowest BCUT2D eigenvalue weighted by Crippen LogP contribution is -2.18. The highest BCUT2D eigenvalue weighted by atomic mass is 32.1. The minimum atomic E-state index is -0.318. The number of aryl methyl sites for hydroxylation is 1. The van der Waals surface area contributed by atoms with Crippen molar-refractivity contribution in [1.29, 1.82) is 0 Å². The van der Waals surface area contributed by atoms with Gasteiger partial charge in [-0.3, -0.25) is 9.59 Å². The van der Waals surface area contributed by atoms with Gasteiger partial charge in [-0.15, -0.1) is 0 Å². The first-order chi connectivity index (χ1) is 12.1. The predicted molar refractivity (Wildman–Crippen MR) is 95.8 cm³/mol. The van der Waals surface area contributed by atoms with Crippen LogP contribution in [0.15, 0.2) is 41.2 Å². The fraction of sp³-hybridized carbons (Fsp3) is 0.333. The number of nitrogens with zero attached hydrogens (tertiary/aromatic N) is 3. The normalized spacial score (nSPS) is 12.2. The molecule has 3 aromatic rings. The molecular weight excluding hydrogens is 338 g/mol. The van der Waals surface area contributed by atoms with E-state index in [-0.39, 0.29) is 24.1 Å². The number of carbonyl (C=O) groups excluding carboxylic acids is 1. The highest BCUT2D eigenvalue weighted by Gasteiger charge is 2.20. The number of esters is 1. The summed E-state index contributed by atoms with van der Waals surface area (Å²) >= 11 is 1.37. The van der Waals surface area contributed by atoms with Gasteiger partial charge in [0.2, 0.25) is 4.96 Å². The van der Waals surface area contributed by atoms with Crippen LogP contribution in [0.1, 0.15) is 42.5 Å². The number of carbonyl (C=O) groups is 1. The Hall–Kier alpha value is -2.54. The molecule has 0 spiro atoms. The van der Waals surface area contributed by atoms with Crippen molar-refractivity contribution in [2.75, 3.05) is 0 Å². The molecule has 6 nitrogen and oxygen atoms in total. The van der Waals surface area contributed by atoms with Crippen LogP contribution in [0.5, 0.6) is 0 Å². The van der Waals surface area contributed by atoms with Crippen molar-refractivity contribution < 1.29 is 9.53 Å². The lowest BCUT2D eigenvalue weighted by atomic mass is 9.97. The fourth-order valence-corrected chi connectivity index (χ4v) is 3.44. The van der Waals surface area contributed by atoms with Crippen molar-refractivity contribution >= 4 is 22.3 Å². The maximum absolute atomic E-state index is 12.4. The van der Waals surface area contributed by atoms with Gasteiger partial charge in [-0.1, -0.05) is 55.5 Å². The Morgan fingerprint density at radius 2 is 2.04 bits per heavy atom. The Morgan fingerprint density at radius 3 is 2.72 bits per heavy atom. The average molecular weight is 357 g/mol. The maximum atomic E-state index is 12.4. The van der Waals surface area contributed by atoms with E-state index in [0.717, 1.165) is 17.0 Å². The van der Waals surface area contributed by atoms with Gasteiger partial charge in [0.1, 0.15) is 11.6 Å². The molecule has 0 saturated carbocycles. The Bertz CT molecular complexity index is 934. The molecule has 2 aromatic heterocycles. The van der Waals surface area contributed by atoms with Crippen LogP contribution in [0, 0.1) is 0 Å². The van der Waals surface area contributed by atoms with Gasteiger partial charge in [0.15, 0.2) is 0 Å². The zero-order valence-electron chi connectivity index (χ0n) is 14.1. The third kappa shape index (κ3) is 3.76. The van der Waals surface area contributed by atoms with Gasteiger partial charge in [0.25, 0.3) is 5.56 Å². The second-order valence-corrected chi connectivity index (χ2v) is 6.65. The molecule has 2 heterocycles. The van der Waals surface area contributed by atoms with Crippen LogP contribution in [0.4, 0.5) is 0 Å². The standard InChI is InChI=1S/C18H19N3O3S/c1-3-14(12-8-6-5-7-9-12)17(23)24-11-13-10-16(22)21-18(19-13)25-15(4-2)20-21/h5-10,14H,3-4,11H2,1-2H3/t14-/m1/s1. The highest BCUT2D eigenvalue weighted by molar-refractivity contribution is 7.16.